The highest BCUT2D eigenvalue weighted by Gasteiger charge is 2.06. The lowest BCUT2D eigenvalue weighted by atomic mass is 10.1. The predicted octanol–water partition coefficient (Wildman–Crippen LogP) is 2.47. The molecule has 2 aromatic rings. The van der Waals surface area contributed by atoms with Crippen molar-refractivity contribution < 1.29 is 14.7 Å². The van der Waals surface area contributed by atoms with E-state index in [1.54, 1.807) is 24.3 Å². The first-order valence-electron chi connectivity index (χ1n) is 8.59. The first-order chi connectivity index (χ1) is 12.5. The highest BCUT2D eigenvalue weighted by atomic mass is 16.3. The number of rotatable bonds is 8. The van der Waals surface area contributed by atoms with Crippen molar-refractivity contribution in [2.45, 2.75) is 20.3 Å². The second-order valence-corrected chi connectivity index (χ2v) is 6.11. The standard InChI is InChI=1S/C20H25N3O3/c1-14-4-7-18(12-15(14)2)22-13-19(25)23-17-8-5-16(6-9-17)20(26)21-10-3-11-24/h4-9,12,22,24H,3,10-11,13H2,1-2H3,(H,21,26)(H,23,25). The summed E-state index contributed by atoms with van der Waals surface area (Å²) in [6.07, 6.45) is 0.521. The minimum absolute atomic E-state index is 0.0431. The molecular formula is C20H25N3O3. The summed E-state index contributed by atoms with van der Waals surface area (Å²) in [6.45, 7) is 4.70. The van der Waals surface area contributed by atoms with Crippen molar-refractivity contribution in [2.24, 2.45) is 0 Å². The molecule has 4 N–H and O–H groups in total. The van der Waals surface area contributed by atoms with E-state index >= 15 is 0 Å². The molecule has 0 aliphatic heterocycles. The Kier molecular flexibility index (Phi) is 7.17. The average Bonchev–Trinajstić information content (AvgIpc) is 2.63. The second-order valence-electron chi connectivity index (χ2n) is 6.11. The summed E-state index contributed by atoms with van der Waals surface area (Å²) in [7, 11) is 0. The van der Waals surface area contributed by atoms with Gasteiger partial charge in [0.25, 0.3) is 5.91 Å². The van der Waals surface area contributed by atoms with E-state index in [1.807, 2.05) is 32.0 Å². The van der Waals surface area contributed by atoms with Gasteiger partial charge in [0.15, 0.2) is 0 Å². The van der Waals surface area contributed by atoms with Crippen molar-refractivity contribution in [1.29, 1.82) is 0 Å². The zero-order valence-electron chi connectivity index (χ0n) is 15.1. The third-order valence-corrected chi connectivity index (χ3v) is 4.01. The van der Waals surface area contributed by atoms with Crippen molar-refractivity contribution in [1.82, 2.24) is 5.32 Å². The van der Waals surface area contributed by atoms with Crippen molar-refractivity contribution in [2.75, 3.05) is 30.3 Å². The molecular weight excluding hydrogens is 330 g/mol. The molecule has 138 valence electrons. The Morgan fingerprint density at radius 2 is 1.65 bits per heavy atom. The molecule has 6 heteroatoms. The normalized spacial score (nSPS) is 10.3. The minimum atomic E-state index is -0.201. The van der Waals surface area contributed by atoms with Crippen LogP contribution in [0.25, 0.3) is 0 Å². The quantitative estimate of drug-likeness (QED) is 0.548. The molecule has 0 fully saturated rings. The number of nitrogens with one attached hydrogen (secondary N) is 3. The second kappa shape index (κ2) is 9.58. The third kappa shape index (κ3) is 5.89. The number of aliphatic hydroxyl groups is 1. The summed E-state index contributed by atoms with van der Waals surface area (Å²) < 4.78 is 0. The van der Waals surface area contributed by atoms with E-state index in [9.17, 15) is 9.59 Å². The maximum atomic E-state index is 12.1. The van der Waals surface area contributed by atoms with Crippen molar-refractivity contribution in [3.05, 3.63) is 59.2 Å². The summed E-state index contributed by atoms with van der Waals surface area (Å²) in [5, 5.41) is 17.3. The zero-order chi connectivity index (χ0) is 18.9. The maximum absolute atomic E-state index is 12.1. The molecule has 0 saturated heterocycles. The molecule has 2 amide bonds. The van der Waals surface area contributed by atoms with Crippen LogP contribution in [0.5, 0.6) is 0 Å². The number of benzene rings is 2. The molecule has 2 rings (SSSR count). The Morgan fingerprint density at radius 1 is 0.962 bits per heavy atom. The van der Waals surface area contributed by atoms with E-state index in [-0.39, 0.29) is 25.0 Å². The van der Waals surface area contributed by atoms with E-state index < -0.39 is 0 Å². The fourth-order valence-electron chi connectivity index (χ4n) is 2.33. The number of hydrogen-bond acceptors (Lipinski definition) is 4. The van der Waals surface area contributed by atoms with Crippen LogP contribution < -0.4 is 16.0 Å². The van der Waals surface area contributed by atoms with Crippen LogP contribution in [0.15, 0.2) is 42.5 Å². The molecule has 0 spiro atoms. The number of aliphatic hydroxyl groups excluding tert-OH is 1. The summed E-state index contributed by atoms with van der Waals surface area (Å²) in [5.41, 5.74) is 4.42. The van der Waals surface area contributed by atoms with E-state index in [2.05, 4.69) is 16.0 Å². The molecule has 0 aliphatic rings. The fourth-order valence-corrected chi connectivity index (χ4v) is 2.33. The molecule has 0 bridgehead atoms. The van der Waals surface area contributed by atoms with Crippen LogP contribution in [-0.4, -0.2) is 36.6 Å². The smallest absolute Gasteiger partial charge is 0.251 e. The van der Waals surface area contributed by atoms with E-state index in [1.165, 1.54) is 11.1 Å². The van der Waals surface area contributed by atoms with Crippen LogP contribution in [0.1, 0.15) is 27.9 Å². The van der Waals surface area contributed by atoms with Crippen LogP contribution >= 0.6 is 0 Å². The average molecular weight is 355 g/mol. The van der Waals surface area contributed by atoms with Crippen molar-refractivity contribution >= 4 is 23.2 Å². The van der Waals surface area contributed by atoms with Gasteiger partial charge in [0.2, 0.25) is 5.91 Å². The molecule has 0 atom stereocenters. The first kappa shape index (κ1) is 19.5. The molecule has 2 aromatic carbocycles. The van der Waals surface area contributed by atoms with Gasteiger partial charge < -0.3 is 21.1 Å². The fraction of sp³-hybridized carbons (Fsp3) is 0.300. The zero-order valence-corrected chi connectivity index (χ0v) is 15.1. The molecule has 6 nitrogen and oxygen atoms in total. The van der Waals surface area contributed by atoms with Gasteiger partial charge in [-0.1, -0.05) is 6.07 Å². The predicted molar refractivity (Wildman–Crippen MR) is 104 cm³/mol. The summed E-state index contributed by atoms with van der Waals surface area (Å²) in [5.74, 6) is -0.365. The Balaban J connectivity index is 1.83. The largest absolute Gasteiger partial charge is 0.396 e. The van der Waals surface area contributed by atoms with Gasteiger partial charge in [-0.3, -0.25) is 9.59 Å². The van der Waals surface area contributed by atoms with Crippen molar-refractivity contribution in [3.63, 3.8) is 0 Å². The lowest BCUT2D eigenvalue weighted by molar-refractivity contribution is -0.114. The number of carbonyl (C=O) groups is 2. The van der Waals surface area contributed by atoms with E-state index in [0.29, 0.717) is 24.2 Å². The first-order valence-corrected chi connectivity index (χ1v) is 8.59. The molecule has 0 unspecified atom stereocenters. The maximum Gasteiger partial charge on any atom is 0.251 e. The van der Waals surface area contributed by atoms with Gasteiger partial charge in [0, 0.05) is 30.1 Å². The minimum Gasteiger partial charge on any atom is -0.396 e. The van der Waals surface area contributed by atoms with Gasteiger partial charge in [0.05, 0.1) is 6.54 Å². The third-order valence-electron chi connectivity index (χ3n) is 4.01. The summed E-state index contributed by atoms with van der Waals surface area (Å²) in [6, 6.07) is 12.7. The number of amides is 2. The van der Waals surface area contributed by atoms with Crippen LogP contribution in [0.4, 0.5) is 11.4 Å². The van der Waals surface area contributed by atoms with E-state index in [0.717, 1.165) is 5.69 Å². The van der Waals surface area contributed by atoms with Gasteiger partial charge in [-0.2, -0.15) is 0 Å². The highest BCUT2D eigenvalue weighted by molar-refractivity contribution is 5.96. The Hall–Kier alpha value is -2.86. The van der Waals surface area contributed by atoms with Gasteiger partial charge in [0.1, 0.15) is 0 Å². The molecule has 26 heavy (non-hydrogen) atoms. The summed E-state index contributed by atoms with van der Waals surface area (Å²) >= 11 is 0. The Morgan fingerprint density at radius 3 is 2.31 bits per heavy atom. The summed E-state index contributed by atoms with van der Waals surface area (Å²) in [4.78, 5) is 23.9. The lowest BCUT2D eigenvalue weighted by Gasteiger charge is -2.10. The molecule has 0 radical (unpaired) electrons. The number of aryl methyl sites for hydroxylation is 2. The van der Waals surface area contributed by atoms with Gasteiger partial charge in [-0.25, -0.2) is 0 Å². The van der Waals surface area contributed by atoms with Gasteiger partial charge in [-0.05, 0) is 67.8 Å². The molecule has 0 aliphatic carbocycles. The Bertz CT molecular complexity index is 757. The SMILES string of the molecule is Cc1ccc(NCC(=O)Nc2ccc(C(=O)NCCCO)cc2)cc1C. The molecule has 0 aromatic heterocycles. The lowest BCUT2D eigenvalue weighted by Crippen LogP contribution is -2.25. The van der Waals surface area contributed by atoms with Gasteiger partial charge >= 0.3 is 0 Å². The number of carbonyl (C=O) groups excluding carboxylic acids is 2. The van der Waals surface area contributed by atoms with Crippen LogP contribution in [0.2, 0.25) is 0 Å². The monoisotopic (exact) mass is 355 g/mol. The molecule has 0 heterocycles. The number of anilines is 2. The van der Waals surface area contributed by atoms with Gasteiger partial charge in [-0.15, -0.1) is 0 Å². The molecule has 0 saturated carbocycles. The highest BCUT2D eigenvalue weighted by Crippen LogP contribution is 2.14. The van der Waals surface area contributed by atoms with Crippen LogP contribution in [0.3, 0.4) is 0 Å². The van der Waals surface area contributed by atoms with Crippen LogP contribution in [0, 0.1) is 13.8 Å². The van der Waals surface area contributed by atoms with Crippen LogP contribution in [-0.2, 0) is 4.79 Å². The topological polar surface area (TPSA) is 90.5 Å². The van der Waals surface area contributed by atoms with Crippen molar-refractivity contribution in [3.8, 4) is 0 Å². The Labute approximate surface area is 153 Å². The van der Waals surface area contributed by atoms with E-state index in [4.69, 9.17) is 5.11 Å². The number of hydrogen-bond donors (Lipinski definition) is 4.